The maximum Gasteiger partial charge on any atom is 0.119 e. The summed E-state index contributed by atoms with van der Waals surface area (Å²) in [4.78, 5) is 0. The van der Waals surface area contributed by atoms with Crippen molar-refractivity contribution in [3.8, 4) is 5.75 Å². The third-order valence-electron chi connectivity index (χ3n) is 5.60. The van der Waals surface area contributed by atoms with Gasteiger partial charge in [-0.25, -0.2) is 0 Å². The Labute approximate surface area is 171 Å². The van der Waals surface area contributed by atoms with Crippen LogP contribution in [0.1, 0.15) is 32.3 Å². The van der Waals surface area contributed by atoms with Crippen molar-refractivity contribution in [1.82, 2.24) is 0 Å². The fraction of sp³-hybridized carbons (Fsp3) is 0.545. The van der Waals surface area contributed by atoms with Crippen molar-refractivity contribution >= 4 is 11.6 Å². The van der Waals surface area contributed by atoms with E-state index in [2.05, 4.69) is 0 Å². The summed E-state index contributed by atoms with van der Waals surface area (Å²) in [6.45, 7) is 4.39. The first-order valence-corrected chi connectivity index (χ1v) is 10.1. The molecule has 5 nitrogen and oxygen atoms in total. The van der Waals surface area contributed by atoms with E-state index in [-0.39, 0.29) is 13.0 Å². The van der Waals surface area contributed by atoms with Crippen molar-refractivity contribution < 1.29 is 24.8 Å². The Morgan fingerprint density at radius 2 is 1.96 bits per heavy atom. The number of hydrogen-bond donors (Lipinski definition) is 3. The van der Waals surface area contributed by atoms with Gasteiger partial charge in [0, 0.05) is 16.9 Å². The van der Waals surface area contributed by atoms with Crippen LogP contribution in [-0.4, -0.2) is 52.9 Å². The molecular weight excluding hydrogens is 380 g/mol. The largest absolute Gasteiger partial charge is 0.494 e. The Morgan fingerprint density at radius 3 is 2.61 bits per heavy atom. The van der Waals surface area contributed by atoms with Crippen molar-refractivity contribution in [3.63, 3.8) is 0 Å². The van der Waals surface area contributed by atoms with Gasteiger partial charge in [-0.05, 0) is 49.1 Å². The predicted molar refractivity (Wildman–Crippen MR) is 108 cm³/mol. The maximum atomic E-state index is 10.5. The molecule has 0 amide bonds. The SMILES string of the molecule is CCOc1ccc(CC2=C(Cl)C=CC(C)([C@@H]3O[C@H](CO)C[C@H](O)[C@H]3O)C2)cc1. The van der Waals surface area contributed by atoms with Crippen molar-refractivity contribution in [3.05, 3.63) is 52.6 Å². The monoisotopic (exact) mass is 408 g/mol. The molecule has 5 atom stereocenters. The third kappa shape index (κ3) is 4.61. The van der Waals surface area contributed by atoms with Gasteiger partial charge in [0.05, 0.1) is 31.5 Å². The minimum Gasteiger partial charge on any atom is -0.494 e. The van der Waals surface area contributed by atoms with E-state index in [0.717, 1.165) is 16.9 Å². The number of aliphatic hydroxyl groups excluding tert-OH is 3. The van der Waals surface area contributed by atoms with Crippen LogP contribution in [-0.2, 0) is 11.2 Å². The standard InChI is InChI=1S/C22H29ClO5/c1-3-27-16-6-4-14(5-7-16)10-15-12-22(2,9-8-18(15)23)21-20(26)19(25)11-17(13-24)28-21/h4-9,17,19-21,24-26H,3,10-13H2,1-2H3/t17-,19-,20+,21+,22?/m0/s1. The average Bonchev–Trinajstić information content (AvgIpc) is 2.68. The van der Waals surface area contributed by atoms with Crippen LogP contribution < -0.4 is 4.74 Å². The van der Waals surface area contributed by atoms with E-state index in [1.807, 2.05) is 50.3 Å². The van der Waals surface area contributed by atoms with Crippen LogP contribution in [0.5, 0.6) is 5.75 Å². The normalized spacial score (nSPS) is 33.2. The van der Waals surface area contributed by atoms with Crippen LogP contribution in [0.3, 0.4) is 0 Å². The molecule has 0 aromatic heterocycles. The highest BCUT2D eigenvalue weighted by Gasteiger charge is 2.47. The lowest BCUT2D eigenvalue weighted by atomic mass is 9.71. The summed E-state index contributed by atoms with van der Waals surface area (Å²) >= 11 is 6.48. The molecule has 1 aliphatic heterocycles. The highest BCUT2D eigenvalue weighted by atomic mass is 35.5. The Balaban J connectivity index is 1.76. The van der Waals surface area contributed by atoms with Gasteiger partial charge in [-0.15, -0.1) is 0 Å². The van der Waals surface area contributed by atoms with Gasteiger partial charge in [0.25, 0.3) is 0 Å². The minimum atomic E-state index is -1.01. The molecule has 1 unspecified atom stereocenters. The summed E-state index contributed by atoms with van der Waals surface area (Å²) in [6.07, 6.45) is 2.26. The van der Waals surface area contributed by atoms with Crippen molar-refractivity contribution in [1.29, 1.82) is 0 Å². The zero-order chi connectivity index (χ0) is 20.3. The Hall–Kier alpha value is -1.37. The number of halogens is 1. The van der Waals surface area contributed by atoms with Gasteiger partial charge >= 0.3 is 0 Å². The highest BCUT2D eigenvalue weighted by molar-refractivity contribution is 6.31. The van der Waals surface area contributed by atoms with E-state index in [4.69, 9.17) is 21.1 Å². The first-order valence-electron chi connectivity index (χ1n) is 9.77. The molecule has 3 rings (SSSR count). The Bertz CT molecular complexity index is 729. The third-order valence-corrected chi connectivity index (χ3v) is 5.99. The van der Waals surface area contributed by atoms with E-state index in [1.54, 1.807) is 0 Å². The molecule has 2 aliphatic rings. The molecular formula is C22H29ClO5. The topological polar surface area (TPSA) is 79.2 Å². The molecule has 0 spiro atoms. The molecule has 1 heterocycles. The van der Waals surface area contributed by atoms with Crippen molar-refractivity contribution in [2.45, 2.75) is 57.5 Å². The number of hydrogen-bond acceptors (Lipinski definition) is 5. The fourth-order valence-corrected chi connectivity index (χ4v) is 4.26. The number of rotatable bonds is 6. The maximum absolute atomic E-state index is 10.5. The van der Waals surface area contributed by atoms with Crippen LogP contribution in [0.25, 0.3) is 0 Å². The first kappa shape index (κ1) is 21.3. The van der Waals surface area contributed by atoms with Crippen LogP contribution in [0.2, 0.25) is 0 Å². The second kappa shape index (κ2) is 8.97. The molecule has 1 aliphatic carbocycles. The fourth-order valence-electron chi connectivity index (χ4n) is 4.06. The molecule has 1 aromatic carbocycles. The summed E-state index contributed by atoms with van der Waals surface area (Å²) < 4.78 is 11.4. The van der Waals surface area contributed by atoms with Crippen LogP contribution in [0, 0.1) is 5.41 Å². The smallest absolute Gasteiger partial charge is 0.119 e. The van der Waals surface area contributed by atoms with E-state index in [0.29, 0.717) is 24.5 Å². The second-order valence-electron chi connectivity index (χ2n) is 7.88. The number of benzene rings is 1. The van der Waals surface area contributed by atoms with Gasteiger partial charge < -0.3 is 24.8 Å². The molecule has 6 heteroatoms. The lowest BCUT2D eigenvalue weighted by molar-refractivity contribution is -0.204. The molecule has 1 saturated heterocycles. The number of allylic oxidation sites excluding steroid dienone is 3. The zero-order valence-corrected chi connectivity index (χ0v) is 17.1. The summed E-state index contributed by atoms with van der Waals surface area (Å²) in [5.74, 6) is 0.836. The van der Waals surface area contributed by atoms with Gasteiger partial charge in [-0.1, -0.05) is 36.7 Å². The van der Waals surface area contributed by atoms with Gasteiger partial charge in [0.15, 0.2) is 0 Å². The lowest BCUT2D eigenvalue weighted by Gasteiger charge is -2.46. The van der Waals surface area contributed by atoms with Crippen molar-refractivity contribution in [2.24, 2.45) is 5.41 Å². The van der Waals surface area contributed by atoms with Gasteiger partial charge in [-0.3, -0.25) is 0 Å². The molecule has 0 radical (unpaired) electrons. The molecule has 1 aromatic rings. The molecule has 0 saturated carbocycles. The lowest BCUT2D eigenvalue weighted by Crippen LogP contribution is -2.55. The van der Waals surface area contributed by atoms with Gasteiger partial charge in [-0.2, -0.15) is 0 Å². The molecule has 1 fully saturated rings. The van der Waals surface area contributed by atoms with E-state index >= 15 is 0 Å². The second-order valence-corrected chi connectivity index (χ2v) is 8.28. The molecule has 0 bridgehead atoms. The summed E-state index contributed by atoms with van der Waals surface area (Å²) in [5, 5.41) is 30.9. The number of ether oxygens (including phenoxy) is 2. The van der Waals surface area contributed by atoms with Crippen LogP contribution in [0.15, 0.2) is 47.0 Å². The quantitative estimate of drug-likeness (QED) is 0.674. The molecule has 154 valence electrons. The first-order chi connectivity index (χ1) is 13.4. The van der Waals surface area contributed by atoms with E-state index in [1.165, 1.54) is 0 Å². The molecule has 28 heavy (non-hydrogen) atoms. The average molecular weight is 409 g/mol. The van der Waals surface area contributed by atoms with Crippen LogP contribution in [0.4, 0.5) is 0 Å². The van der Waals surface area contributed by atoms with E-state index in [9.17, 15) is 15.3 Å². The van der Waals surface area contributed by atoms with Crippen molar-refractivity contribution in [2.75, 3.05) is 13.2 Å². The number of aliphatic hydroxyl groups is 3. The zero-order valence-electron chi connectivity index (χ0n) is 16.3. The summed E-state index contributed by atoms with van der Waals surface area (Å²) in [7, 11) is 0. The van der Waals surface area contributed by atoms with Gasteiger partial charge in [0.2, 0.25) is 0 Å². The highest BCUT2D eigenvalue weighted by Crippen LogP contribution is 2.44. The Morgan fingerprint density at radius 1 is 1.25 bits per heavy atom. The van der Waals surface area contributed by atoms with Crippen LogP contribution >= 0.6 is 11.6 Å². The molecule has 3 N–H and O–H groups in total. The Kier molecular flexibility index (Phi) is 6.84. The van der Waals surface area contributed by atoms with Gasteiger partial charge in [0.1, 0.15) is 11.9 Å². The summed E-state index contributed by atoms with van der Waals surface area (Å²) in [6, 6.07) is 7.94. The minimum absolute atomic E-state index is 0.185. The summed E-state index contributed by atoms with van der Waals surface area (Å²) in [5.41, 5.74) is 1.63. The van der Waals surface area contributed by atoms with E-state index < -0.39 is 29.8 Å². The predicted octanol–water partition coefficient (Wildman–Crippen LogP) is 2.96.